The first kappa shape index (κ1) is 20.7. The van der Waals surface area contributed by atoms with E-state index in [2.05, 4.69) is 22.1 Å². The number of methoxy groups -OCH3 is 2. The highest BCUT2D eigenvalue weighted by molar-refractivity contribution is 5.98. The lowest BCUT2D eigenvalue weighted by Crippen LogP contribution is -2.46. The third-order valence-corrected chi connectivity index (χ3v) is 4.48. The van der Waals surface area contributed by atoms with Crippen LogP contribution in [0.2, 0.25) is 0 Å². The fraction of sp³-hybridized carbons (Fsp3) is 0.238. The first-order chi connectivity index (χ1) is 14.5. The predicted molar refractivity (Wildman–Crippen MR) is 107 cm³/mol. The quantitative estimate of drug-likeness (QED) is 0.544. The second-order valence-corrected chi connectivity index (χ2v) is 6.34. The minimum absolute atomic E-state index is 0.123. The van der Waals surface area contributed by atoms with Gasteiger partial charge in [-0.15, -0.1) is 0 Å². The molecule has 0 spiro atoms. The van der Waals surface area contributed by atoms with E-state index in [1.165, 1.54) is 20.4 Å². The van der Waals surface area contributed by atoms with Gasteiger partial charge in [-0.3, -0.25) is 19.9 Å². The van der Waals surface area contributed by atoms with E-state index in [-0.39, 0.29) is 18.9 Å². The number of ether oxygens (including phenoxy) is 2. The molecule has 3 rings (SSSR count). The summed E-state index contributed by atoms with van der Waals surface area (Å²) in [4.78, 5) is 40.8. The molecule has 2 aromatic rings. The highest BCUT2D eigenvalue weighted by Gasteiger charge is 2.29. The van der Waals surface area contributed by atoms with Crippen molar-refractivity contribution in [3.05, 3.63) is 53.3 Å². The van der Waals surface area contributed by atoms with Gasteiger partial charge in [-0.25, -0.2) is 4.79 Å². The van der Waals surface area contributed by atoms with Crippen LogP contribution >= 0.6 is 0 Å². The van der Waals surface area contributed by atoms with Crippen LogP contribution in [-0.4, -0.2) is 55.0 Å². The summed E-state index contributed by atoms with van der Waals surface area (Å²) in [5.74, 6) is 6.77. The van der Waals surface area contributed by atoms with Gasteiger partial charge < -0.3 is 19.7 Å². The summed E-state index contributed by atoms with van der Waals surface area (Å²) in [7, 11) is 3.05. The summed E-state index contributed by atoms with van der Waals surface area (Å²) in [6, 6.07) is 5.52. The fourth-order valence-electron chi connectivity index (χ4n) is 3.03. The van der Waals surface area contributed by atoms with Crippen LogP contribution in [0.15, 0.2) is 36.7 Å². The van der Waals surface area contributed by atoms with E-state index in [0.717, 1.165) is 5.56 Å². The zero-order chi connectivity index (χ0) is 21.5. The topological polar surface area (TPSA) is 110 Å². The molecule has 0 bridgehead atoms. The molecule has 30 heavy (non-hydrogen) atoms. The summed E-state index contributed by atoms with van der Waals surface area (Å²) in [5, 5.41) is 4.60. The lowest BCUT2D eigenvalue weighted by atomic mass is 10.1. The van der Waals surface area contributed by atoms with Crippen molar-refractivity contribution >= 4 is 18.3 Å². The maximum Gasteiger partial charge on any atom is 0.322 e. The summed E-state index contributed by atoms with van der Waals surface area (Å²) in [6.45, 7) is 0.501. The van der Waals surface area contributed by atoms with E-state index in [4.69, 9.17) is 9.47 Å². The largest absolute Gasteiger partial charge is 0.497 e. The third kappa shape index (κ3) is 4.67. The van der Waals surface area contributed by atoms with Crippen molar-refractivity contribution in [2.24, 2.45) is 0 Å². The number of rotatable bonds is 6. The van der Waals surface area contributed by atoms with Gasteiger partial charge >= 0.3 is 6.03 Å². The normalized spacial score (nSPS) is 12.9. The molecule has 2 N–H and O–H groups in total. The Morgan fingerprint density at radius 2 is 2.17 bits per heavy atom. The number of hydrogen-bond acceptors (Lipinski definition) is 6. The molecule has 154 valence electrons. The Morgan fingerprint density at radius 1 is 1.33 bits per heavy atom. The number of pyridine rings is 1. The number of benzene rings is 1. The number of imide groups is 1. The van der Waals surface area contributed by atoms with Crippen molar-refractivity contribution in [3.8, 4) is 23.3 Å². The van der Waals surface area contributed by atoms with E-state index in [1.54, 1.807) is 29.3 Å². The molecule has 0 radical (unpaired) electrons. The van der Waals surface area contributed by atoms with Crippen molar-refractivity contribution in [1.82, 2.24) is 20.5 Å². The highest BCUT2D eigenvalue weighted by atomic mass is 16.5. The molecule has 1 aliphatic rings. The maximum atomic E-state index is 12.8. The number of hydrogen-bond donors (Lipinski definition) is 2. The van der Waals surface area contributed by atoms with Gasteiger partial charge in [0.2, 0.25) is 6.41 Å². The molecule has 0 unspecified atom stereocenters. The fourth-order valence-corrected chi connectivity index (χ4v) is 3.03. The number of nitrogens with zero attached hydrogens (tertiary/aromatic N) is 2. The smallest absolute Gasteiger partial charge is 0.322 e. The van der Waals surface area contributed by atoms with Crippen LogP contribution in [0.25, 0.3) is 0 Å². The Bertz CT molecular complexity index is 1030. The Labute approximate surface area is 173 Å². The first-order valence-electron chi connectivity index (χ1n) is 9.02. The average Bonchev–Trinajstić information content (AvgIpc) is 3.07. The number of carbonyl (C=O) groups excluding carboxylic acids is 3. The molecule has 4 amide bonds. The van der Waals surface area contributed by atoms with Crippen molar-refractivity contribution in [2.45, 2.75) is 12.6 Å². The lowest BCUT2D eigenvalue weighted by molar-refractivity contribution is -0.108. The predicted octanol–water partition coefficient (Wildman–Crippen LogP) is 0.930. The minimum atomic E-state index is -0.741. The van der Waals surface area contributed by atoms with Crippen LogP contribution < -0.4 is 20.1 Å². The first-order valence-corrected chi connectivity index (χ1v) is 9.02. The van der Waals surface area contributed by atoms with Crippen LogP contribution in [0.4, 0.5) is 4.79 Å². The summed E-state index contributed by atoms with van der Waals surface area (Å²) in [5.41, 5.74) is 1.94. The van der Waals surface area contributed by atoms with Gasteiger partial charge in [0, 0.05) is 24.5 Å². The van der Waals surface area contributed by atoms with Crippen LogP contribution in [0.1, 0.15) is 21.5 Å². The molecule has 1 aromatic carbocycles. The number of urea groups is 1. The molecule has 9 nitrogen and oxygen atoms in total. The van der Waals surface area contributed by atoms with Crippen LogP contribution in [0, 0.1) is 11.8 Å². The number of nitrogens with one attached hydrogen (secondary N) is 2. The Kier molecular flexibility index (Phi) is 6.49. The molecular weight excluding hydrogens is 388 g/mol. The van der Waals surface area contributed by atoms with Gasteiger partial charge in [-0.2, -0.15) is 0 Å². The molecule has 2 heterocycles. The zero-order valence-corrected chi connectivity index (χ0v) is 16.5. The van der Waals surface area contributed by atoms with E-state index >= 15 is 0 Å². The summed E-state index contributed by atoms with van der Waals surface area (Å²) >= 11 is 0. The Morgan fingerprint density at radius 3 is 2.90 bits per heavy atom. The average molecular weight is 408 g/mol. The molecule has 0 saturated heterocycles. The SMILES string of the molecule is COc1ccc2c(c1)C(=O)N(C[C@@H](C#Cc1cnccc1OC)NC(=O)NC=O)C2. The monoisotopic (exact) mass is 408 g/mol. The van der Waals surface area contributed by atoms with Crippen molar-refractivity contribution in [1.29, 1.82) is 0 Å². The third-order valence-electron chi connectivity index (χ3n) is 4.48. The van der Waals surface area contributed by atoms with E-state index in [9.17, 15) is 14.4 Å². The molecule has 0 saturated carbocycles. The minimum Gasteiger partial charge on any atom is -0.497 e. The summed E-state index contributed by atoms with van der Waals surface area (Å²) in [6.07, 6.45) is 3.39. The second-order valence-electron chi connectivity index (χ2n) is 6.34. The van der Waals surface area contributed by atoms with E-state index in [0.29, 0.717) is 29.2 Å². The van der Waals surface area contributed by atoms with Crippen molar-refractivity contribution < 1.29 is 23.9 Å². The summed E-state index contributed by atoms with van der Waals surface area (Å²) < 4.78 is 10.4. The van der Waals surface area contributed by atoms with Gasteiger partial charge in [0.05, 0.1) is 26.3 Å². The Hall–Kier alpha value is -4.06. The number of aromatic nitrogens is 1. The lowest BCUT2D eigenvalue weighted by Gasteiger charge is -2.21. The number of carbonyl (C=O) groups is 3. The molecule has 1 aliphatic heterocycles. The van der Waals surface area contributed by atoms with Gasteiger partial charge in [-0.1, -0.05) is 17.9 Å². The number of amides is 4. The molecule has 0 fully saturated rings. The zero-order valence-electron chi connectivity index (χ0n) is 16.5. The molecule has 0 aliphatic carbocycles. The van der Waals surface area contributed by atoms with E-state index < -0.39 is 12.1 Å². The maximum absolute atomic E-state index is 12.8. The molecular formula is C21H20N4O5. The van der Waals surface area contributed by atoms with Crippen molar-refractivity contribution in [2.75, 3.05) is 20.8 Å². The highest BCUT2D eigenvalue weighted by Crippen LogP contribution is 2.26. The van der Waals surface area contributed by atoms with E-state index in [1.807, 2.05) is 11.4 Å². The van der Waals surface area contributed by atoms with Gasteiger partial charge in [-0.05, 0) is 23.8 Å². The number of fused-ring (bicyclic) bond motifs is 1. The van der Waals surface area contributed by atoms with Gasteiger partial charge in [0.15, 0.2) is 0 Å². The molecule has 1 atom stereocenters. The van der Waals surface area contributed by atoms with Crippen molar-refractivity contribution in [3.63, 3.8) is 0 Å². The second kappa shape index (κ2) is 9.43. The van der Waals surface area contributed by atoms with Gasteiger partial charge in [0.1, 0.15) is 17.5 Å². The molecule has 1 aromatic heterocycles. The van der Waals surface area contributed by atoms with Crippen LogP contribution in [0.3, 0.4) is 0 Å². The molecule has 9 heteroatoms. The Balaban J connectivity index is 1.82. The van der Waals surface area contributed by atoms with Crippen LogP contribution in [0.5, 0.6) is 11.5 Å². The van der Waals surface area contributed by atoms with Gasteiger partial charge in [0.25, 0.3) is 5.91 Å². The van der Waals surface area contributed by atoms with Crippen LogP contribution in [-0.2, 0) is 11.3 Å². The standard InChI is InChI=1S/C21H20N4O5/c1-29-17-6-4-15-11-25(20(27)18(15)9-17)12-16(24-21(28)23-13-26)5-3-14-10-22-8-7-19(14)30-2/h4,6-10,13,16H,11-12H2,1-2H3,(H2,23,24,26,28)/t16-/m1/s1.